The molecule has 1 saturated heterocycles. The second-order valence-electron chi connectivity index (χ2n) is 7.33. The van der Waals surface area contributed by atoms with E-state index in [1.165, 1.54) is 23.4 Å². The number of aryl methyl sites for hydroxylation is 2. The van der Waals surface area contributed by atoms with Crippen molar-refractivity contribution < 1.29 is 12.8 Å². The highest BCUT2D eigenvalue weighted by atomic mass is 32.2. The summed E-state index contributed by atoms with van der Waals surface area (Å²) in [7, 11) is -3.68. The lowest BCUT2D eigenvalue weighted by Crippen LogP contribution is -2.47. The Morgan fingerprint density at radius 1 is 1.04 bits per heavy atom. The lowest BCUT2D eigenvalue weighted by molar-refractivity contribution is 0.255. The summed E-state index contributed by atoms with van der Waals surface area (Å²) < 4.78 is 40.7. The van der Waals surface area contributed by atoms with Crippen molar-refractivity contribution in [3.63, 3.8) is 0 Å². The molecule has 0 amide bonds. The predicted octanol–water partition coefficient (Wildman–Crippen LogP) is 2.93. The molecule has 0 aliphatic carbocycles. The molecule has 3 rings (SSSR count). The molecule has 1 aliphatic heterocycles. The fourth-order valence-electron chi connectivity index (χ4n) is 3.50. The molecule has 2 aromatic rings. The molecule has 1 fully saturated rings. The summed E-state index contributed by atoms with van der Waals surface area (Å²) in [6, 6.07) is 12.4. The monoisotopic (exact) mass is 405 g/mol. The molecule has 1 heterocycles. The molecular formula is C21H28FN3O2S. The number of anilines is 1. The van der Waals surface area contributed by atoms with Crippen molar-refractivity contribution in [3.8, 4) is 0 Å². The Morgan fingerprint density at radius 3 is 2.50 bits per heavy atom. The van der Waals surface area contributed by atoms with E-state index in [-0.39, 0.29) is 4.90 Å². The van der Waals surface area contributed by atoms with Crippen molar-refractivity contribution in [1.29, 1.82) is 0 Å². The quantitative estimate of drug-likeness (QED) is 0.720. The third-order valence-corrected chi connectivity index (χ3v) is 6.73. The summed E-state index contributed by atoms with van der Waals surface area (Å²) in [6.07, 6.45) is 0.720. The van der Waals surface area contributed by atoms with Gasteiger partial charge >= 0.3 is 0 Å². The molecule has 5 nitrogen and oxygen atoms in total. The van der Waals surface area contributed by atoms with Gasteiger partial charge in [0.15, 0.2) is 0 Å². The van der Waals surface area contributed by atoms with Crippen LogP contribution < -0.4 is 9.62 Å². The van der Waals surface area contributed by atoms with Crippen LogP contribution in [0.4, 0.5) is 10.1 Å². The number of sulfonamides is 1. The Labute approximate surface area is 167 Å². The summed E-state index contributed by atoms with van der Waals surface area (Å²) in [5.41, 5.74) is 3.07. The van der Waals surface area contributed by atoms with E-state index in [9.17, 15) is 12.8 Å². The molecule has 7 heteroatoms. The van der Waals surface area contributed by atoms with Crippen molar-refractivity contribution in [2.75, 3.05) is 44.2 Å². The number of benzene rings is 2. The minimum atomic E-state index is -3.68. The first-order chi connectivity index (χ1) is 13.3. The van der Waals surface area contributed by atoms with Crippen molar-refractivity contribution >= 4 is 15.7 Å². The van der Waals surface area contributed by atoms with Crippen LogP contribution in [0.15, 0.2) is 47.4 Å². The summed E-state index contributed by atoms with van der Waals surface area (Å²) >= 11 is 0. The molecule has 2 aromatic carbocycles. The van der Waals surface area contributed by atoms with E-state index in [0.717, 1.165) is 45.2 Å². The van der Waals surface area contributed by atoms with Crippen molar-refractivity contribution in [1.82, 2.24) is 9.62 Å². The molecule has 0 unspecified atom stereocenters. The van der Waals surface area contributed by atoms with E-state index in [1.54, 1.807) is 6.92 Å². The minimum Gasteiger partial charge on any atom is -0.369 e. The maximum atomic E-state index is 13.4. The molecule has 0 spiro atoms. The molecular weight excluding hydrogens is 377 g/mol. The van der Waals surface area contributed by atoms with Gasteiger partial charge in [0.2, 0.25) is 10.0 Å². The number of nitrogens with one attached hydrogen (secondary N) is 1. The lowest BCUT2D eigenvalue weighted by Gasteiger charge is -2.36. The highest BCUT2D eigenvalue weighted by Crippen LogP contribution is 2.18. The highest BCUT2D eigenvalue weighted by molar-refractivity contribution is 7.89. The molecule has 0 aromatic heterocycles. The van der Waals surface area contributed by atoms with Crippen LogP contribution in [0.5, 0.6) is 0 Å². The van der Waals surface area contributed by atoms with Crippen molar-refractivity contribution in [3.05, 3.63) is 59.4 Å². The van der Waals surface area contributed by atoms with Crippen LogP contribution in [0.3, 0.4) is 0 Å². The first kappa shape index (κ1) is 20.8. The fourth-order valence-corrected chi connectivity index (χ4v) is 4.83. The average Bonchev–Trinajstić information content (AvgIpc) is 2.67. The Morgan fingerprint density at radius 2 is 1.79 bits per heavy atom. The van der Waals surface area contributed by atoms with Gasteiger partial charge in [-0.1, -0.05) is 18.2 Å². The summed E-state index contributed by atoms with van der Waals surface area (Å²) in [4.78, 5) is 4.76. The Kier molecular flexibility index (Phi) is 6.69. The van der Waals surface area contributed by atoms with Gasteiger partial charge < -0.3 is 4.90 Å². The van der Waals surface area contributed by atoms with Gasteiger partial charge in [-0.3, -0.25) is 4.90 Å². The fraction of sp³-hybridized carbons (Fsp3) is 0.429. The maximum Gasteiger partial charge on any atom is 0.240 e. The van der Waals surface area contributed by atoms with Gasteiger partial charge in [-0.15, -0.1) is 0 Å². The molecule has 152 valence electrons. The van der Waals surface area contributed by atoms with E-state index < -0.39 is 15.8 Å². The van der Waals surface area contributed by atoms with Crippen LogP contribution in [0.2, 0.25) is 0 Å². The number of hydrogen-bond acceptors (Lipinski definition) is 4. The maximum absolute atomic E-state index is 13.4. The molecule has 0 radical (unpaired) electrons. The van der Waals surface area contributed by atoms with Gasteiger partial charge in [0.25, 0.3) is 0 Å². The zero-order chi connectivity index (χ0) is 20.1. The Balaban J connectivity index is 1.43. The Bertz CT molecular complexity index is 910. The second-order valence-corrected chi connectivity index (χ2v) is 9.06. The zero-order valence-electron chi connectivity index (χ0n) is 16.5. The van der Waals surface area contributed by atoms with Gasteiger partial charge in [-0.05, 0) is 62.2 Å². The molecule has 28 heavy (non-hydrogen) atoms. The molecule has 0 atom stereocenters. The highest BCUT2D eigenvalue weighted by Gasteiger charge is 2.19. The zero-order valence-corrected chi connectivity index (χ0v) is 17.3. The molecule has 1 aliphatic rings. The summed E-state index contributed by atoms with van der Waals surface area (Å²) in [5.74, 6) is -0.544. The van der Waals surface area contributed by atoms with E-state index in [2.05, 4.69) is 45.7 Å². The predicted molar refractivity (Wildman–Crippen MR) is 111 cm³/mol. The number of rotatable bonds is 7. The van der Waals surface area contributed by atoms with E-state index in [0.29, 0.717) is 12.1 Å². The van der Waals surface area contributed by atoms with Crippen molar-refractivity contribution in [2.24, 2.45) is 0 Å². The SMILES string of the molecule is Cc1cccc(N2CCN(CCCNS(=O)(=O)c3cc(F)ccc3C)CC2)c1. The smallest absolute Gasteiger partial charge is 0.240 e. The van der Waals surface area contributed by atoms with Crippen LogP contribution in [0.25, 0.3) is 0 Å². The molecule has 0 saturated carbocycles. The molecule has 1 N–H and O–H groups in total. The van der Waals surface area contributed by atoms with Crippen molar-refractivity contribution in [2.45, 2.75) is 25.2 Å². The lowest BCUT2D eigenvalue weighted by atomic mass is 10.2. The van der Waals surface area contributed by atoms with Crippen LogP contribution >= 0.6 is 0 Å². The van der Waals surface area contributed by atoms with Crippen LogP contribution in [0.1, 0.15) is 17.5 Å². The van der Waals surface area contributed by atoms with E-state index in [4.69, 9.17) is 0 Å². The van der Waals surface area contributed by atoms with Crippen LogP contribution in [-0.4, -0.2) is 52.6 Å². The van der Waals surface area contributed by atoms with Gasteiger partial charge in [0.1, 0.15) is 5.82 Å². The standard InChI is InChI=1S/C21H28FN3O2S/c1-17-5-3-6-20(15-17)25-13-11-24(12-14-25)10-4-9-23-28(26,27)21-16-19(22)8-7-18(21)2/h3,5-8,15-16,23H,4,9-14H2,1-2H3. The Hall–Kier alpha value is -1.96. The van der Waals surface area contributed by atoms with Gasteiger partial charge in [-0.2, -0.15) is 0 Å². The van der Waals surface area contributed by atoms with Crippen LogP contribution in [-0.2, 0) is 10.0 Å². The van der Waals surface area contributed by atoms with Gasteiger partial charge in [-0.25, -0.2) is 17.5 Å². The molecule has 0 bridgehead atoms. The third kappa shape index (κ3) is 5.31. The first-order valence-electron chi connectivity index (χ1n) is 9.65. The number of halogens is 1. The summed E-state index contributed by atoms with van der Waals surface area (Å²) in [5, 5.41) is 0. The normalized spacial score (nSPS) is 15.8. The van der Waals surface area contributed by atoms with Gasteiger partial charge in [0, 0.05) is 38.4 Å². The first-order valence-corrected chi connectivity index (χ1v) is 11.1. The minimum absolute atomic E-state index is 0.0132. The van der Waals surface area contributed by atoms with Crippen LogP contribution in [0, 0.1) is 19.7 Å². The number of piperazine rings is 1. The summed E-state index contributed by atoms with van der Waals surface area (Å²) in [6.45, 7) is 8.82. The number of nitrogens with zero attached hydrogens (tertiary/aromatic N) is 2. The van der Waals surface area contributed by atoms with Gasteiger partial charge in [0.05, 0.1) is 4.90 Å². The topological polar surface area (TPSA) is 52.6 Å². The largest absolute Gasteiger partial charge is 0.369 e. The van der Waals surface area contributed by atoms with E-state index >= 15 is 0 Å². The average molecular weight is 406 g/mol. The third-order valence-electron chi connectivity index (χ3n) is 5.12. The number of hydrogen-bond donors (Lipinski definition) is 1. The van der Waals surface area contributed by atoms with E-state index in [1.807, 2.05) is 0 Å². The second kappa shape index (κ2) is 9.03.